The van der Waals surface area contributed by atoms with E-state index in [0.29, 0.717) is 0 Å². The van der Waals surface area contributed by atoms with E-state index in [4.69, 9.17) is 0 Å². The molecule has 57 unspecified atom stereocenters. The Morgan fingerprint density at radius 2 is 0.360 bits per heavy atom. The predicted octanol–water partition coefficient (Wildman–Crippen LogP) is 27.6. The molecule has 136 heavy (non-hydrogen) atoms. The van der Waals surface area contributed by atoms with Crippen molar-refractivity contribution >= 4 is 351 Å². The van der Waals surface area contributed by atoms with Crippen LogP contribution >= 0.6 is 351 Å². The summed E-state index contributed by atoms with van der Waals surface area (Å²) in [5.74, 6) is 30.1. The molecule has 2 aromatic rings. The summed E-state index contributed by atoms with van der Waals surface area (Å²) in [4.78, 5) is 0. The van der Waals surface area contributed by atoms with Crippen molar-refractivity contribution in [2.45, 2.75) is 140 Å². The van der Waals surface area contributed by atoms with Crippen LogP contribution in [-0.4, -0.2) is 197 Å². The van der Waals surface area contributed by atoms with Crippen LogP contribution in [-0.2, 0) is 37.0 Å². The van der Waals surface area contributed by atoms with E-state index >= 15 is 0 Å². The van der Waals surface area contributed by atoms with Gasteiger partial charge in [-0.3, -0.25) is 0 Å². The van der Waals surface area contributed by atoms with Crippen molar-refractivity contribution in [3.63, 3.8) is 0 Å². The number of hydrogen-bond acceptors (Lipinski definition) is 0. The molecule has 0 radical (unpaired) electrons. The first kappa shape index (κ1) is 149. The molecule has 804 valence electrons. The molecule has 57 atom stereocenters. The van der Waals surface area contributed by atoms with Crippen LogP contribution < -0.4 is 0 Å². The molecular formula is C98H222P38. The van der Waals surface area contributed by atoms with Crippen molar-refractivity contribution in [1.29, 1.82) is 0 Å². The van der Waals surface area contributed by atoms with Crippen molar-refractivity contribution in [2.24, 2.45) is 189 Å². The Balaban J connectivity index is 0.000000758. The average molecular weight is 2580 g/mol. The monoisotopic (exact) mass is 2580 g/mol. The van der Waals surface area contributed by atoms with Crippen LogP contribution in [0.1, 0.15) is 136 Å². The Morgan fingerprint density at radius 1 is 0.154 bits per heavy atom. The Labute approximate surface area is 937 Å². The maximum atomic E-state index is 3.02. The van der Waals surface area contributed by atoms with Gasteiger partial charge in [0, 0.05) is 0 Å². The SMILES string of the molecule is PCC1C(CP)C(CP)C(CP)C(CP)C1CP.PCC1CC(CP)C(CP)C(CP)C1.PCC1CC(CP)C(CP)C(CP)C1CP.PCC1CC(CP)C(CP)CC1CP.PCC1CC(CP)CC(CP)C1.PCC1CCC(CP)C(CP)C1.PCC1CCC(CP)C(CP)C1CP.PCC1CCCC(CP)C1CP.PCc1cc(CP)cc(CP)c1.PCc1cccc(CP)c1CP. The summed E-state index contributed by atoms with van der Waals surface area (Å²) < 4.78 is 0. The molecule has 8 aliphatic rings. The van der Waals surface area contributed by atoms with Gasteiger partial charge in [-0.1, -0.05) is 42.8 Å². The molecule has 0 aliphatic heterocycles. The summed E-state index contributed by atoms with van der Waals surface area (Å²) in [6, 6.07) is 13.4. The molecule has 38 heteroatoms. The molecule has 0 spiro atoms. The topological polar surface area (TPSA) is 0 Å². The highest BCUT2D eigenvalue weighted by molar-refractivity contribution is 7.23. The summed E-state index contributed by atoms with van der Waals surface area (Å²) in [6.07, 6.45) is 70.9. The summed E-state index contributed by atoms with van der Waals surface area (Å²) in [7, 11) is 111. The van der Waals surface area contributed by atoms with E-state index in [1.54, 1.807) is 0 Å². The lowest BCUT2D eigenvalue weighted by Crippen LogP contribution is -2.50. The fourth-order valence-electron chi connectivity index (χ4n) is 25.2. The van der Waals surface area contributed by atoms with Gasteiger partial charge in [0.05, 0.1) is 0 Å². The van der Waals surface area contributed by atoms with E-state index in [0.717, 1.165) is 226 Å². The highest BCUT2D eigenvalue weighted by atomic mass is 31.1. The summed E-state index contributed by atoms with van der Waals surface area (Å²) in [5, 5.41) is 0. The lowest BCUT2D eigenvalue weighted by Gasteiger charge is -2.51. The van der Waals surface area contributed by atoms with Crippen molar-refractivity contribution < 1.29 is 0 Å². The lowest BCUT2D eigenvalue weighted by atomic mass is 9.59. The summed E-state index contributed by atoms with van der Waals surface area (Å²) >= 11 is 0. The Morgan fingerprint density at radius 3 is 0.596 bits per heavy atom. The van der Waals surface area contributed by atoms with Crippen molar-refractivity contribution in [2.75, 3.05) is 197 Å². The minimum Gasteiger partial charge on any atom is -0.137 e. The van der Waals surface area contributed by atoms with Crippen molar-refractivity contribution in [3.8, 4) is 0 Å². The fraction of sp³-hybridized carbons (Fsp3) is 0.878. The minimum absolute atomic E-state index is 0.883. The minimum atomic E-state index is 0.883. The van der Waals surface area contributed by atoms with E-state index in [2.05, 4.69) is 388 Å². The number of rotatable bonds is 38. The van der Waals surface area contributed by atoms with Crippen LogP contribution in [0.5, 0.6) is 0 Å². The molecule has 2 aromatic carbocycles. The summed E-state index contributed by atoms with van der Waals surface area (Å²) in [6.45, 7) is 0. The first-order chi connectivity index (χ1) is 65.8. The van der Waals surface area contributed by atoms with Gasteiger partial charge in [0.15, 0.2) is 0 Å². The largest absolute Gasteiger partial charge is 0.137 e. The van der Waals surface area contributed by atoms with Gasteiger partial charge >= 0.3 is 0 Å². The van der Waals surface area contributed by atoms with E-state index < -0.39 is 0 Å². The van der Waals surface area contributed by atoms with E-state index in [1.807, 2.05) is 0 Å². The molecule has 0 N–H and O–H groups in total. The van der Waals surface area contributed by atoms with Gasteiger partial charge in [-0.15, -0.1) is 351 Å². The zero-order chi connectivity index (χ0) is 102. The second-order valence-electron chi connectivity index (χ2n) is 40.8. The second kappa shape index (κ2) is 93.0. The van der Waals surface area contributed by atoms with Gasteiger partial charge in [0.1, 0.15) is 0 Å². The van der Waals surface area contributed by atoms with Crippen molar-refractivity contribution in [3.05, 3.63) is 69.8 Å². The van der Waals surface area contributed by atoms with Gasteiger partial charge in [-0.2, -0.15) is 0 Å². The number of benzene rings is 2. The first-order valence-corrected chi connectivity index (χ1v) is 83.7. The average Bonchev–Trinajstić information content (AvgIpc) is 0.769. The molecule has 8 aliphatic carbocycles. The first-order valence-electron chi connectivity index (χ1n) is 52.6. The molecule has 0 saturated heterocycles. The number of hydrogen-bond donors (Lipinski definition) is 0. The zero-order valence-corrected chi connectivity index (χ0v) is 129. The molecule has 0 heterocycles. The van der Waals surface area contributed by atoms with Gasteiger partial charge in [-0.05, 0) is 553 Å². The standard InChI is InChI=1S/C12H30P6.C11H27P5.3C10H24P4.C9H21P3.C9H15P3.2C9H21P3.C9H15P3/c13-1-7-8(2-14)10(4-16)12(6-18)11(5-17)9(7)3-15;12-2-7-1-8(3-13)10(5-15)11(6-16)9(7)4-14;11-3-7-1-8(4-12)10(6-14)2-9(7)5-13;11-3-7-1-8(4-12)10(6-14)9(2-7)5-13;11-3-7-1-2-8(4-12)10(6-14)9(7)5-13;2*10-4-7-1-8(5-11)3-9(2-7)6-12;10-4-7-1-2-8(5-11)9(3-7)6-12;2*10-4-7-2-1-3-8(5-11)9(7)6-12/h7-12H,1-6,13-18H2;7-11H,1-6,12-16H2;3*7-10H,1-6,11-14H2;7-9H,1-6,10-12H2;1-3H,4-6,10-12H2;2*7-9H,1-6,10-12H2;1-3H,4-6,10-12H2. The highest BCUT2D eigenvalue weighted by Gasteiger charge is 2.47. The third kappa shape index (κ3) is 52.5. The summed E-state index contributed by atoms with van der Waals surface area (Å²) in [5.41, 5.74) is 8.64. The Bertz CT molecular complexity index is 2840. The third-order valence-corrected chi connectivity index (χ3v) is 55.4. The molecule has 8 saturated carbocycles. The normalized spacial score (nSPS) is 33.6. The van der Waals surface area contributed by atoms with Crippen molar-refractivity contribution in [1.82, 2.24) is 0 Å². The van der Waals surface area contributed by atoms with E-state index in [-0.39, 0.29) is 0 Å². The maximum Gasteiger partial charge on any atom is -0.0123 e. The maximum absolute atomic E-state index is 3.02. The molecule has 0 aromatic heterocycles. The van der Waals surface area contributed by atoms with Crippen LogP contribution in [0.4, 0.5) is 0 Å². The highest BCUT2D eigenvalue weighted by Crippen LogP contribution is 2.53. The molecule has 0 nitrogen and oxygen atoms in total. The molecule has 8 fully saturated rings. The lowest BCUT2D eigenvalue weighted by molar-refractivity contribution is 0.0445. The van der Waals surface area contributed by atoms with Gasteiger partial charge in [0.2, 0.25) is 0 Å². The smallest absolute Gasteiger partial charge is 0.0123 e. The van der Waals surface area contributed by atoms with Crippen LogP contribution in [0.2, 0.25) is 0 Å². The second-order valence-corrected chi connectivity index (χ2v) is 58.3. The fourth-order valence-corrected chi connectivity index (χ4v) is 46.6. The predicted molar refractivity (Wildman–Crippen MR) is 785 cm³/mol. The zero-order valence-electron chi connectivity index (χ0n) is 85.1. The Kier molecular flexibility index (Phi) is 102. The molecule has 10 rings (SSSR count). The van der Waals surface area contributed by atoms with E-state index in [9.17, 15) is 0 Å². The van der Waals surface area contributed by atoms with Crippen LogP contribution in [0.25, 0.3) is 0 Å². The molecule has 0 bridgehead atoms. The van der Waals surface area contributed by atoms with Gasteiger partial charge in [-0.25, -0.2) is 0 Å². The van der Waals surface area contributed by atoms with Crippen LogP contribution in [0, 0.1) is 189 Å². The van der Waals surface area contributed by atoms with Crippen LogP contribution in [0.3, 0.4) is 0 Å². The quantitative estimate of drug-likeness (QED) is 0.0588. The molecular weight excluding hydrogens is 2350 g/mol. The Hall–Kier alpha value is 14.8. The van der Waals surface area contributed by atoms with Gasteiger partial charge in [0.25, 0.3) is 0 Å². The van der Waals surface area contributed by atoms with E-state index in [1.165, 1.54) is 333 Å². The van der Waals surface area contributed by atoms with Crippen LogP contribution in [0.15, 0.2) is 36.4 Å². The molecule has 0 amide bonds. The van der Waals surface area contributed by atoms with Gasteiger partial charge < -0.3 is 0 Å². The third-order valence-electron chi connectivity index (χ3n) is 33.8.